The van der Waals surface area contributed by atoms with Crippen LogP contribution in [0.15, 0.2) is 47.6 Å². The van der Waals surface area contributed by atoms with E-state index in [1.54, 1.807) is 12.1 Å². The van der Waals surface area contributed by atoms with Crippen molar-refractivity contribution in [3.63, 3.8) is 0 Å². The fourth-order valence-corrected chi connectivity index (χ4v) is 2.38. The Morgan fingerprint density at radius 2 is 1.97 bits per heavy atom. The van der Waals surface area contributed by atoms with Gasteiger partial charge in [-0.3, -0.25) is 4.99 Å². The van der Waals surface area contributed by atoms with Gasteiger partial charge in [0, 0.05) is 18.8 Å². The molecular weight excluding hydrogens is 406 g/mol. The second-order valence-corrected chi connectivity index (χ2v) is 6.21. The number of guanidine groups is 1. The minimum atomic E-state index is -2.89. The van der Waals surface area contributed by atoms with Crippen LogP contribution in [0.5, 0.6) is 11.6 Å². The van der Waals surface area contributed by atoms with E-state index in [1.165, 1.54) is 30.5 Å². The second kappa shape index (κ2) is 12.0. The molecule has 7 nitrogen and oxygen atoms in total. The number of rotatable bonds is 10. The van der Waals surface area contributed by atoms with Crippen molar-refractivity contribution in [2.24, 2.45) is 4.99 Å². The first-order valence-electron chi connectivity index (χ1n) is 8.97. The highest BCUT2D eigenvalue weighted by molar-refractivity contribution is 6.30. The van der Waals surface area contributed by atoms with Gasteiger partial charge in [-0.2, -0.15) is 8.78 Å². The van der Waals surface area contributed by atoms with Gasteiger partial charge in [0.25, 0.3) is 0 Å². The Hall–Kier alpha value is -2.65. The molecule has 0 saturated heterocycles. The lowest BCUT2D eigenvalue weighted by Crippen LogP contribution is -2.39. The van der Waals surface area contributed by atoms with E-state index in [4.69, 9.17) is 16.3 Å². The molecule has 0 aliphatic rings. The van der Waals surface area contributed by atoms with Gasteiger partial charge in [-0.05, 0) is 30.7 Å². The third-order valence-corrected chi connectivity index (χ3v) is 3.82. The van der Waals surface area contributed by atoms with Gasteiger partial charge in [0.15, 0.2) is 5.96 Å². The SMILES string of the molecule is CCNC(=NCC(O)c1ccc(OC(F)F)cc1)NCCOc1ccc(Cl)cn1. The van der Waals surface area contributed by atoms with Gasteiger partial charge in [-0.1, -0.05) is 23.7 Å². The number of nitrogens with one attached hydrogen (secondary N) is 2. The average Bonchev–Trinajstić information content (AvgIpc) is 2.70. The molecule has 158 valence electrons. The molecule has 0 radical (unpaired) electrons. The predicted molar refractivity (Wildman–Crippen MR) is 107 cm³/mol. The molecule has 0 spiro atoms. The van der Waals surface area contributed by atoms with Crippen LogP contribution in [0, 0.1) is 0 Å². The van der Waals surface area contributed by atoms with Gasteiger partial charge in [-0.25, -0.2) is 4.98 Å². The molecule has 1 unspecified atom stereocenters. The summed E-state index contributed by atoms with van der Waals surface area (Å²) in [4.78, 5) is 8.36. The Morgan fingerprint density at radius 3 is 2.59 bits per heavy atom. The van der Waals surface area contributed by atoms with Crippen LogP contribution in [0.3, 0.4) is 0 Å². The highest BCUT2D eigenvalue weighted by atomic mass is 35.5. The molecule has 10 heteroatoms. The average molecular weight is 429 g/mol. The topological polar surface area (TPSA) is 88.0 Å². The van der Waals surface area contributed by atoms with Crippen molar-refractivity contribution >= 4 is 17.6 Å². The molecule has 1 aromatic carbocycles. The third-order valence-electron chi connectivity index (χ3n) is 3.60. The van der Waals surface area contributed by atoms with Crippen LogP contribution in [-0.4, -0.2) is 48.9 Å². The Morgan fingerprint density at radius 1 is 1.21 bits per heavy atom. The zero-order valence-corrected chi connectivity index (χ0v) is 16.6. The second-order valence-electron chi connectivity index (χ2n) is 5.77. The maximum Gasteiger partial charge on any atom is 0.387 e. The molecule has 0 bridgehead atoms. The van der Waals surface area contributed by atoms with E-state index >= 15 is 0 Å². The minimum absolute atomic E-state index is 0.0321. The number of aliphatic hydroxyl groups is 1. The molecular formula is C19H23ClF2N4O3. The maximum absolute atomic E-state index is 12.2. The van der Waals surface area contributed by atoms with Crippen LogP contribution < -0.4 is 20.1 Å². The lowest BCUT2D eigenvalue weighted by Gasteiger charge is -2.14. The molecule has 0 fully saturated rings. The first kappa shape index (κ1) is 22.6. The minimum Gasteiger partial charge on any atom is -0.476 e. The first-order valence-corrected chi connectivity index (χ1v) is 9.35. The molecule has 2 aromatic rings. The van der Waals surface area contributed by atoms with Crippen molar-refractivity contribution in [2.45, 2.75) is 19.6 Å². The van der Waals surface area contributed by atoms with Gasteiger partial charge >= 0.3 is 6.61 Å². The molecule has 1 heterocycles. The quantitative estimate of drug-likeness (QED) is 0.306. The summed E-state index contributed by atoms with van der Waals surface area (Å²) in [6, 6.07) is 9.16. The fourth-order valence-electron chi connectivity index (χ4n) is 2.27. The lowest BCUT2D eigenvalue weighted by molar-refractivity contribution is -0.0498. The van der Waals surface area contributed by atoms with Gasteiger partial charge in [0.2, 0.25) is 5.88 Å². The van der Waals surface area contributed by atoms with E-state index in [0.717, 1.165) is 0 Å². The highest BCUT2D eigenvalue weighted by Crippen LogP contribution is 2.19. The maximum atomic E-state index is 12.2. The van der Waals surface area contributed by atoms with Crippen molar-refractivity contribution in [3.05, 3.63) is 53.2 Å². The molecule has 0 aliphatic heterocycles. The van der Waals surface area contributed by atoms with Gasteiger partial charge in [-0.15, -0.1) is 0 Å². The number of halogens is 3. The normalized spacial score (nSPS) is 12.6. The van der Waals surface area contributed by atoms with E-state index in [2.05, 4.69) is 25.3 Å². The number of hydrogen-bond acceptors (Lipinski definition) is 5. The van der Waals surface area contributed by atoms with Crippen molar-refractivity contribution in [2.75, 3.05) is 26.2 Å². The number of aromatic nitrogens is 1. The summed E-state index contributed by atoms with van der Waals surface area (Å²) in [6.45, 7) is 0.580. The molecule has 1 atom stereocenters. The molecule has 0 saturated carbocycles. The summed E-state index contributed by atoms with van der Waals surface area (Å²) in [5, 5.41) is 16.9. The summed E-state index contributed by atoms with van der Waals surface area (Å²) >= 11 is 5.77. The van der Waals surface area contributed by atoms with Crippen molar-refractivity contribution in [1.29, 1.82) is 0 Å². The van der Waals surface area contributed by atoms with Crippen LogP contribution in [0.2, 0.25) is 5.02 Å². The van der Waals surface area contributed by atoms with E-state index in [9.17, 15) is 13.9 Å². The van der Waals surface area contributed by atoms with Crippen LogP contribution in [-0.2, 0) is 0 Å². The summed E-state index contributed by atoms with van der Waals surface area (Å²) in [5.41, 5.74) is 0.545. The van der Waals surface area contributed by atoms with Crippen molar-refractivity contribution in [3.8, 4) is 11.6 Å². The largest absolute Gasteiger partial charge is 0.476 e. The van der Waals surface area contributed by atoms with E-state index in [-0.39, 0.29) is 12.3 Å². The van der Waals surface area contributed by atoms with E-state index < -0.39 is 12.7 Å². The number of alkyl halides is 2. The summed E-state index contributed by atoms with van der Waals surface area (Å²) in [7, 11) is 0. The lowest BCUT2D eigenvalue weighted by atomic mass is 10.1. The molecule has 1 aromatic heterocycles. The Bertz CT molecular complexity index is 761. The summed E-state index contributed by atoms with van der Waals surface area (Å²) in [5.74, 6) is 1.01. The predicted octanol–water partition coefficient (Wildman–Crippen LogP) is 3.00. The smallest absolute Gasteiger partial charge is 0.387 e. The Balaban J connectivity index is 1.81. The molecule has 29 heavy (non-hydrogen) atoms. The number of nitrogens with zero attached hydrogens (tertiary/aromatic N) is 2. The number of pyridine rings is 1. The zero-order valence-electron chi connectivity index (χ0n) is 15.8. The van der Waals surface area contributed by atoms with Gasteiger partial charge < -0.3 is 25.2 Å². The molecule has 0 amide bonds. The molecule has 0 aliphatic carbocycles. The third kappa shape index (κ3) is 8.49. The number of hydrogen-bond donors (Lipinski definition) is 3. The highest BCUT2D eigenvalue weighted by Gasteiger charge is 2.09. The van der Waals surface area contributed by atoms with Crippen molar-refractivity contribution in [1.82, 2.24) is 15.6 Å². The molecule has 2 rings (SSSR count). The van der Waals surface area contributed by atoms with Crippen LogP contribution in [0.1, 0.15) is 18.6 Å². The summed E-state index contributed by atoms with van der Waals surface area (Å²) in [6.07, 6.45) is 0.615. The Labute approximate surface area is 172 Å². The number of aliphatic hydroxyl groups excluding tert-OH is 1. The first-order chi connectivity index (χ1) is 14.0. The monoisotopic (exact) mass is 428 g/mol. The van der Waals surface area contributed by atoms with Gasteiger partial charge in [0.05, 0.1) is 24.2 Å². The summed E-state index contributed by atoms with van der Waals surface area (Å²) < 4.78 is 34.1. The zero-order chi connectivity index (χ0) is 21.1. The molecule has 3 N–H and O–H groups in total. The van der Waals surface area contributed by atoms with Crippen LogP contribution in [0.25, 0.3) is 0 Å². The Kier molecular flexibility index (Phi) is 9.39. The number of benzene rings is 1. The van der Waals surface area contributed by atoms with Crippen LogP contribution in [0.4, 0.5) is 8.78 Å². The fraction of sp³-hybridized carbons (Fsp3) is 0.368. The van der Waals surface area contributed by atoms with E-state index in [0.29, 0.717) is 42.1 Å². The van der Waals surface area contributed by atoms with Crippen molar-refractivity contribution < 1.29 is 23.4 Å². The van der Waals surface area contributed by atoms with Crippen LogP contribution >= 0.6 is 11.6 Å². The number of ether oxygens (including phenoxy) is 2. The van der Waals surface area contributed by atoms with Gasteiger partial charge in [0.1, 0.15) is 12.4 Å². The number of aliphatic imine (C=N–C) groups is 1. The standard InChI is InChI=1S/C19H23ClF2N4O3/c1-2-23-19(24-9-10-28-17-8-5-14(20)11-25-17)26-12-16(27)13-3-6-15(7-4-13)29-18(21)22/h3-8,11,16,18,27H,2,9-10,12H2,1H3,(H2,23,24,26). The van der Waals surface area contributed by atoms with E-state index in [1.807, 2.05) is 6.92 Å².